The maximum Gasteiger partial charge on any atom is 0.274 e. The topological polar surface area (TPSA) is 64.0 Å². The Bertz CT molecular complexity index is 701. The predicted octanol–water partition coefficient (Wildman–Crippen LogP) is 2.33. The lowest BCUT2D eigenvalue weighted by Crippen LogP contribution is -2.28. The molecule has 0 unspecified atom stereocenters. The molecule has 0 spiro atoms. The van der Waals surface area contributed by atoms with Crippen molar-refractivity contribution in [3.8, 4) is 0 Å². The molecule has 0 radical (unpaired) electrons. The number of benzene rings is 1. The summed E-state index contributed by atoms with van der Waals surface area (Å²) in [6.07, 6.45) is 1.13. The van der Waals surface area contributed by atoms with Crippen LogP contribution >= 0.6 is 23.2 Å². The van der Waals surface area contributed by atoms with Gasteiger partial charge in [-0.15, -0.1) is 0 Å². The molecule has 1 aromatic carbocycles. The van der Waals surface area contributed by atoms with Crippen molar-refractivity contribution >= 4 is 34.8 Å². The summed E-state index contributed by atoms with van der Waals surface area (Å²) in [6, 6.07) is 5.23. The van der Waals surface area contributed by atoms with Crippen LogP contribution in [0.1, 0.15) is 0 Å². The minimum absolute atomic E-state index is 0.119. The summed E-state index contributed by atoms with van der Waals surface area (Å²) in [5, 5.41) is 2.14. The highest BCUT2D eigenvalue weighted by molar-refractivity contribution is 6.40. The summed E-state index contributed by atoms with van der Waals surface area (Å²) in [4.78, 5) is 27.1. The second-order valence-electron chi connectivity index (χ2n) is 3.84. The Morgan fingerprint density at radius 3 is 2.60 bits per heavy atom. The molecule has 1 aromatic heterocycles. The Hall–Kier alpha value is -1.92. The summed E-state index contributed by atoms with van der Waals surface area (Å²) in [5.74, 6) is -0.883. The van der Waals surface area contributed by atoms with Crippen molar-refractivity contribution in [3.05, 3.63) is 56.9 Å². The molecular weight excluding hydrogens is 308 g/mol. The summed E-state index contributed by atoms with van der Waals surface area (Å²) in [6.45, 7) is -0.278. The molecule has 5 nitrogen and oxygen atoms in total. The fraction of sp³-hybridized carbons (Fsp3) is 0.0833. The molecule has 0 saturated carbocycles. The molecular formula is C12H8Cl2FN3O2. The van der Waals surface area contributed by atoms with Crippen LogP contribution in [0.2, 0.25) is 10.2 Å². The number of carbonyl (C=O) groups excluding carboxylic acids is 1. The molecule has 0 aliphatic carbocycles. The Kier molecular flexibility index (Phi) is 4.36. The first-order chi connectivity index (χ1) is 9.47. The van der Waals surface area contributed by atoms with Gasteiger partial charge in [0.05, 0.1) is 6.33 Å². The number of carbonyl (C=O) groups is 1. The third-order valence-corrected chi connectivity index (χ3v) is 3.11. The van der Waals surface area contributed by atoms with E-state index in [0.29, 0.717) is 5.69 Å². The summed E-state index contributed by atoms with van der Waals surface area (Å²) in [5.41, 5.74) is -0.196. The number of amides is 1. The SMILES string of the molecule is O=C(Cn1cnc(Cl)c(Cl)c1=O)Nc1ccc(F)cc1. The van der Waals surface area contributed by atoms with Gasteiger partial charge >= 0.3 is 0 Å². The fourth-order valence-corrected chi connectivity index (χ4v) is 1.73. The average Bonchev–Trinajstić information content (AvgIpc) is 2.42. The minimum atomic E-state index is -0.610. The van der Waals surface area contributed by atoms with Crippen LogP contribution in [0, 0.1) is 5.82 Å². The normalized spacial score (nSPS) is 10.3. The molecule has 1 amide bonds. The number of hydrogen-bond donors (Lipinski definition) is 1. The summed E-state index contributed by atoms with van der Waals surface area (Å²) >= 11 is 11.2. The van der Waals surface area contributed by atoms with Crippen molar-refractivity contribution in [1.29, 1.82) is 0 Å². The second-order valence-corrected chi connectivity index (χ2v) is 4.57. The monoisotopic (exact) mass is 315 g/mol. The third kappa shape index (κ3) is 3.34. The Labute approximate surface area is 123 Å². The van der Waals surface area contributed by atoms with Gasteiger partial charge in [-0.2, -0.15) is 0 Å². The van der Waals surface area contributed by atoms with Crippen LogP contribution in [-0.4, -0.2) is 15.5 Å². The van der Waals surface area contributed by atoms with Crippen molar-refractivity contribution in [2.24, 2.45) is 0 Å². The van der Waals surface area contributed by atoms with Gasteiger partial charge in [0.2, 0.25) is 5.91 Å². The fourth-order valence-electron chi connectivity index (χ4n) is 1.44. The van der Waals surface area contributed by atoms with E-state index in [1.807, 2.05) is 0 Å². The summed E-state index contributed by atoms with van der Waals surface area (Å²) in [7, 11) is 0. The molecule has 1 heterocycles. The minimum Gasteiger partial charge on any atom is -0.325 e. The molecule has 8 heteroatoms. The van der Waals surface area contributed by atoms with E-state index in [9.17, 15) is 14.0 Å². The first-order valence-electron chi connectivity index (χ1n) is 5.43. The third-order valence-electron chi connectivity index (χ3n) is 2.38. The van der Waals surface area contributed by atoms with Crippen molar-refractivity contribution in [2.75, 3.05) is 5.32 Å². The van der Waals surface area contributed by atoms with Crippen LogP contribution in [0.15, 0.2) is 35.4 Å². The number of hydrogen-bond acceptors (Lipinski definition) is 3. The van der Waals surface area contributed by atoms with E-state index >= 15 is 0 Å². The van der Waals surface area contributed by atoms with Crippen molar-refractivity contribution in [3.63, 3.8) is 0 Å². The number of rotatable bonds is 3. The lowest BCUT2D eigenvalue weighted by Gasteiger charge is -2.07. The van der Waals surface area contributed by atoms with Crippen LogP contribution in [-0.2, 0) is 11.3 Å². The first-order valence-corrected chi connectivity index (χ1v) is 6.19. The molecule has 0 saturated heterocycles. The Morgan fingerprint density at radius 1 is 1.30 bits per heavy atom. The zero-order valence-electron chi connectivity index (χ0n) is 9.94. The molecule has 2 rings (SSSR count). The van der Waals surface area contributed by atoms with Crippen molar-refractivity contribution in [1.82, 2.24) is 9.55 Å². The van der Waals surface area contributed by atoms with Crippen LogP contribution in [0.25, 0.3) is 0 Å². The van der Waals surface area contributed by atoms with Gasteiger partial charge in [0, 0.05) is 5.69 Å². The molecule has 20 heavy (non-hydrogen) atoms. The van der Waals surface area contributed by atoms with Gasteiger partial charge in [0.1, 0.15) is 17.4 Å². The van der Waals surface area contributed by atoms with Crippen LogP contribution in [0.4, 0.5) is 10.1 Å². The van der Waals surface area contributed by atoms with Gasteiger partial charge in [-0.25, -0.2) is 9.37 Å². The van der Waals surface area contributed by atoms with Crippen molar-refractivity contribution in [2.45, 2.75) is 6.54 Å². The number of aromatic nitrogens is 2. The maximum atomic E-state index is 12.7. The zero-order valence-corrected chi connectivity index (χ0v) is 11.5. The smallest absolute Gasteiger partial charge is 0.274 e. The lowest BCUT2D eigenvalue weighted by molar-refractivity contribution is -0.116. The predicted molar refractivity (Wildman–Crippen MR) is 73.5 cm³/mol. The number of nitrogens with one attached hydrogen (secondary N) is 1. The molecule has 0 bridgehead atoms. The highest BCUT2D eigenvalue weighted by Gasteiger charge is 2.10. The zero-order chi connectivity index (χ0) is 14.7. The lowest BCUT2D eigenvalue weighted by atomic mass is 10.3. The summed E-state index contributed by atoms with van der Waals surface area (Å²) < 4.78 is 13.7. The van der Waals surface area contributed by atoms with Crippen LogP contribution in [0.3, 0.4) is 0 Å². The van der Waals surface area contributed by atoms with Gasteiger partial charge in [-0.1, -0.05) is 23.2 Å². The van der Waals surface area contributed by atoms with E-state index in [4.69, 9.17) is 23.2 Å². The first kappa shape index (κ1) is 14.5. The molecule has 0 fully saturated rings. The van der Waals surface area contributed by atoms with E-state index in [1.165, 1.54) is 24.3 Å². The van der Waals surface area contributed by atoms with Gasteiger partial charge in [0.25, 0.3) is 5.56 Å². The van der Waals surface area contributed by atoms with Gasteiger partial charge in [-0.3, -0.25) is 14.2 Å². The van der Waals surface area contributed by atoms with Gasteiger partial charge in [-0.05, 0) is 24.3 Å². The van der Waals surface area contributed by atoms with Gasteiger partial charge < -0.3 is 5.32 Å². The van der Waals surface area contributed by atoms with Crippen LogP contribution in [0.5, 0.6) is 0 Å². The number of anilines is 1. The van der Waals surface area contributed by atoms with E-state index in [-0.39, 0.29) is 16.7 Å². The highest BCUT2D eigenvalue weighted by atomic mass is 35.5. The molecule has 0 aliphatic heterocycles. The van der Waals surface area contributed by atoms with E-state index in [0.717, 1.165) is 10.9 Å². The molecule has 104 valence electrons. The molecule has 0 aliphatic rings. The standard InChI is InChI=1S/C12H8Cl2FN3O2/c13-10-11(14)16-6-18(12(10)20)5-9(19)17-8-3-1-7(15)2-4-8/h1-4,6H,5H2,(H,17,19). The molecule has 2 aromatic rings. The maximum absolute atomic E-state index is 12.7. The molecule has 1 N–H and O–H groups in total. The Morgan fingerprint density at radius 2 is 1.95 bits per heavy atom. The highest BCUT2D eigenvalue weighted by Crippen LogP contribution is 2.12. The van der Waals surface area contributed by atoms with Crippen molar-refractivity contribution < 1.29 is 9.18 Å². The second kappa shape index (κ2) is 6.02. The van der Waals surface area contributed by atoms with Crippen LogP contribution < -0.4 is 10.9 Å². The van der Waals surface area contributed by atoms with E-state index in [1.54, 1.807) is 0 Å². The molecule has 0 atom stereocenters. The number of nitrogens with zero attached hydrogens (tertiary/aromatic N) is 2. The quantitative estimate of drug-likeness (QED) is 0.884. The van der Waals surface area contributed by atoms with E-state index < -0.39 is 17.3 Å². The largest absolute Gasteiger partial charge is 0.325 e. The Balaban J connectivity index is 2.11. The van der Waals surface area contributed by atoms with Gasteiger partial charge in [0.15, 0.2) is 5.15 Å². The number of halogens is 3. The average molecular weight is 316 g/mol. The van der Waals surface area contributed by atoms with E-state index in [2.05, 4.69) is 10.3 Å².